The molecule has 0 radical (unpaired) electrons. The summed E-state index contributed by atoms with van der Waals surface area (Å²) in [7, 11) is 0. The second-order valence-corrected chi connectivity index (χ2v) is 9.15. The van der Waals surface area contributed by atoms with Crippen LogP contribution in [0.2, 0.25) is 0 Å². The number of rotatable bonds is 6. The van der Waals surface area contributed by atoms with Gasteiger partial charge in [0, 0.05) is 36.6 Å². The third-order valence-electron chi connectivity index (χ3n) is 4.89. The number of anilines is 1. The van der Waals surface area contributed by atoms with Crippen LogP contribution in [0.1, 0.15) is 24.2 Å². The van der Waals surface area contributed by atoms with Gasteiger partial charge in [0.1, 0.15) is 5.75 Å². The number of carbonyl (C=O) groups excluding carboxylic acids is 1. The zero-order chi connectivity index (χ0) is 20.2. The number of thiazole rings is 1. The van der Waals surface area contributed by atoms with Gasteiger partial charge >= 0.3 is 0 Å². The molecule has 2 heterocycles. The fraction of sp³-hybridized carbons (Fsp3) is 0.364. The van der Waals surface area contributed by atoms with Crippen LogP contribution in [0.4, 0.5) is 5.13 Å². The fourth-order valence-corrected chi connectivity index (χ4v) is 5.22. The van der Waals surface area contributed by atoms with Gasteiger partial charge in [-0.05, 0) is 49.1 Å². The molecule has 1 aromatic heterocycles. The van der Waals surface area contributed by atoms with Crippen molar-refractivity contribution in [3.05, 3.63) is 48.0 Å². The molecule has 1 aliphatic rings. The smallest absolute Gasteiger partial charge is 0.254 e. The molecule has 1 saturated heterocycles. The highest BCUT2D eigenvalue weighted by molar-refractivity contribution is 7.99. The molecule has 1 amide bonds. The van der Waals surface area contributed by atoms with Gasteiger partial charge in [0.15, 0.2) is 5.13 Å². The molecule has 0 N–H and O–H groups in total. The van der Waals surface area contributed by atoms with Gasteiger partial charge in [-0.2, -0.15) is 0 Å². The first-order valence-corrected chi connectivity index (χ1v) is 11.8. The molecule has 0 aliphatic carbocycles. The molecule has 0 spiro atoms. The van der Waals surface area contributed by atoms with Crippen molar-refractivity contribution in [1.29, 1.82) is 0 Å². The number of piperazine rings is 1. The van der Waals surface area contributed by atoms with Crippen LogP contribution >= 0.6 is 23.1 Å². The zero-order valence-electron chi connectivity index (χ0n) is 16.8. The van der Waals surface area contributed by atoms with Crippen molar-refractivity contribution >= 4 is 44.4 Å². The highest BCUT2D eigenvalue weighted by Gasteiger charge is 2.24. The first kappa shape index (κ1) is 20.0. The lowest BCUT2D eigenvalue weighted by Gasteiger charge is -2.34. The maximum Gasteiger partial charge on any atom is 0.254 e. The molecule has 5 nitrogen and oxygen atoms in total. The minimum Gasteiger partial charge on any atom is -0.494 e. The summed E-state index contributed by atoms with van der Waals surface area (Å²) in [6.45, 7) is 7.79. The number of ether oxygens (including phenoxy) is 1. The molecule has 0 atom stereocenters. The number of aromatic nitrogens is 1. The van der Waals surface area contributed by atoms with Crippen LogP contribution in [-0.2, 0) is 0 Å². The second-order valence-electron chi connectivity index (χ2n) is 6.80. The van der Waals surface area contributed by atoms with Gasteiger partial charge in [-0.15, -0.1) is 11.8 Å². The van der Waals surface area contributed by atoms with Gasteiger partial charge in [0.05, 0.1) is 16.8 Å². The summed E-state index contributed by atoms with van der Waals surface area (Å²) in [5, 5.41) is 1.02. The van der Waals surface area contributed by atoms with Crippen LogP contribution in [-0.4, -0.2) is 54.3 Å². The minimum atomic E-state index is 0.119. The van der Waals surface area contributed by atoms with E-state index in [0.717, 1.165) is 50.4 Å². The molecule has 152 valence electrons. The standard InChI is InChI=1S/C22H25N3O2S2/c1-3-27-17-8-9-19-20(15-17)29-22(23-19)25-12-10-24(11-13-25)21(26)16-6-5-7-18(14-16)28-4-2/h5-9,14-15H,3-4,10-13H2,1-2H3. The topological polar surface area (TPSA) is 45.7 Å². The predicted octanol–water partition coefficient (Wildman–Crippen LogP) is 4.77. The molecule has 0 saturated carbocycles. The van der Waals surface area contributed by atoms with E-state index in [4.69, 9.17) is 9.72 Å². The summed E-state index contributed by atoms with van der Waals surface area (Å²) < 4.78 is 6.73. The molecule has 29 heavy (non-hydrogen) atoms. The number of nitrogens with zero attached hydrogens (tertiary/aromatic N) is 3. The highest BCUT2D eigenvalue weighted by atomic mass is 32.2. The Hall–Kier alpha value is -2.25. The number of hydrogen-bond acceptors (Lipinski definition) is 6. The SMILES string of the molecule is CCOc1ccc2nc(N3CCN(C(=O)c4cccc(SCC)c4)CC3)sc2c1. The lowest BCUT2D eigenvalue weighted by Crippen LogP contribution is -2.48. The molecule has 7 heteroatoms. The van der Waals surface area contributed by atoms with Crippen LogP contribution in [0.25, 0.3) is 10.2 Å². The van der Waals surface area contributed by atoms with Crippen LogP contribution in [0.5, 0.6) is 5.75 Å². The number of amides is 1. The van der Waals surface area contributed by atoms with Gasteiger partial charge in [-0.25, -0.2) is 4.98 Å². The zero-order valence-corrected chi connectivity index (χ0v) is 18.4. The molecular weight excluding hydrogens is 402 g/mol. The number of hydrogen-bond donors (Lipinski definition) is 0. The molecule has 3 aromatic rings. The Morgan fingerprint density at radius 1 is 1.14 bits per heavy atom. The summed E-state index contributed by atoms with van der Waals surface area (Å²) >= 11 is 3.45. The minimum absolute atomic E-state index is 0.119. The van der Waals surface area contributed by atoms with Crippen molar-refractivity contribution in [3.8, 4) is 5.75 Å². The normalized spacial score (nSPS) is 14.4. The summed E-state index contributed by atoms with van der Waals surface area (Å²) in [6, 6.07) is 14.0. The van der Waals surface area contributed by atoms with Crippen LogP contribution in [0.3, 0.4) is 0 Å². The van der Waals surface area contributed by atoms with E-state index in [-0.39, 0.29) is 5.91 Å². The van der Waals surface area contributed by atoms with E-state index in [1.807, 2.05) is 42.2 Å². The van der Waals surface area contributed by atoms with Crippen molar-refractivity contribution < 1.29 is 9.53 Å². The van der Waals surface area contributed by atoms with E-state index in [2.05, 4.69) is 24.0 Å². The Kier molecular flexibility index (Phi) is 6.25. The van der Waals surface area contributed by atoms with E-state index in [9.17, 15) is 4.79 Å². The second kappa shape index (κ2) is 9.05. The first-order chi connectivity index (χ1) is 14.2. The molecule has 0 unspecified atom stereocenters. The Morgan fingerprint density at radius 3 is 2.72 bits per heavy atom. The van der Waals surface area contributed by atoms with Crippen LogP contribution in [0, 0.1) is 0 Å². The monoisotopic (exact) mass is 427 g/mol. The van der Waals surface area contributed by atoms with E-state index in [1.54, 1.807) is 23.1 Å². The number of fused-ring (bicyclic) bond motifs is 1. The largest absolute Gasteiger partial charge is 0.494 e. The Labute approximate surface area is 179 Å². The molecule has 1 aliphatic heterocycles. The first-order valence-electron chi connectivity index (χ1n) is 9.98. The fourth-order valence-electron chi connectivity index (χ4n) is 3.45. The van der Waals surface area contributed by atoms with Crippen molar-refractivity contribution in [3.63, 3.8) is 0 Å². The van der Waals surface area contributed by atoms with Gasteiger partial charge in [-0.3, -0.25) is 4.79 Å². The lowest BCUT2D eigenvalue weighted by molar-refractivity contribution is 0.0746. The number of benzene rings is 2. The summed E-state index contributed by atoms with van der Waals surface area (Å²) in [4.78, 5) is 23.1. The van der Waals surface area contributed by atoms with Gasteiger partial charge in [-0.1, -0.05) is 24.3 Å². The van der Waals surface area contributed by atoms with E-state index >= 15 is 0 Å². The van der Waals surface area contributed by atoms with Crippen molar-refractivity contribution in [1.82, 2.24) is 9.88 Å². The molecule has 0 bridgehead atoms. The van der Waals surface area contributed by atoms with Gasteiger partial charge in [0.2, 0.25) is 0 Å². The molecule has 1 fully saturated rings. The Bertz CT molecular complexity index is 997. The highest BCUT2D eigenvalue weighted by Crippen LogP contribution is 2.32. The average molecular weight is 428 g/mol. The van der Waals surface area contributed by atoms with Crippen molar-refractivity contribution in [2.75, 3.05) is 43.4 Å². The lowest BCUT2D eigenvalue weighted by atomic mass is 10.2. The quantitative estimate of drug-likeness (QED) is 0.530. The number of carbonyl (C=O) groups is 1. The molecule has 4 rings (SSSR count). The Balaban J connectivity index is 1.42. The van der Waals surface area contributed by atoms with E-state index < -0.39 is 0 Å². The molecule has 2 aromatic carbocycles. The maximum atomic E-state index is 12.9. The van der Waals surface area contributed by atoms with Gasteiger partial charge in [0.25, 0.3) is 5.91 Å². The van der Waals surface area contributed by atoms with Crippen molar-refractivity contribution in [2.45, 2.75) is 18.7 Å². The maximum absolute atomic E-state index is 12.9. The Morgan fingerprint density at radius 2 is 1.97 bits per heavy atom. The summed E-state index contributed by atoms with van der Waals surface area (Å²) in [5.74, 6) is 2.01. The summed E-state index contributed by atoms with van der Waals surface area (Å²) in [5.41, 5.74) is 1.78. The van der Waals surface area contributed by atoms with Crippen LogP contribution < -0.4 is 9.64 Å². The van der Waals surface area contributed by atoms with E-state index in [0.29, 0.717) is 19.7 Å². The number of thioether (sulfide) groups is 1. The summed E-state index contributed by atoms with van der Waals surface area (Å²) in [6.07, 6.45) is 0. The van der Waals surface area contributed by atoms with Crippen molar-refractivity contribution in [2.24, 2.45) is 0 Å². The predicted molar refractivity (Wildman–Crippen MR) is 122 cm³/mol. The third kappa shape index (κ3) is 4.51. The van der Waals surface area contributed by atoms with Gasteiger partial charge < -0.3 is 14.5 Å². The van der Waals surface area contributed by atoms with Crippen LogP contribution in [0.15, 0.2) is 47.4 Å². The molecular formula is C22H25N3O2S2. The average Bonchev–Trinajstić information content (AvgIpc) is 3.17. The van der Waals surface area contributed by atoms with E-state index in [1.165, 1.54) is 0 Å². The third-order valence-corrected chi connectivity index (χ3v) is 6.84.